The summed E-state index contributed by atoms with van der Waals surface area (Å²) in [4.78, 5) is 9.74. The molecule has 0 bridgehead atoms. The number of aromatic nitrogens is 2. The summed E-state index contributed by atoms with van der Waals surface area (Å²) in [6, 6.07) is 8.85. The molecular weight excluding hydrogens is 402 g/mol. The zero-order chi connectivity index (χ0) is 22.9. The van der Waals surface area contributed by atoms with Gasteiger partial charge >= 0.3 is 0 Å². The van der Waals surface area contributed by atoms with Crippen molar-refractivity contribution in [2.45, 2.75) is 31.8 Å². The molecule has 1 aromatic heterocycles. The third-order valence-corrected chi connectivity index (χ3v) is 6.02. The highest BCUT2D eigenvalue weighted by Crippen LogP contribution is 2.28. The van der Waals surface area contributed by atoms with Gasteiger partial charge in [0.2, 0.25) is 0 Å². The van der Waals surface area contributed by atoms with Crippen molar-refractivity contribution in [3.05, 3.63) is 47.8 Å². The standard InChI is InChI=1S/C24H39N7O/c1-6-25-24(26-16-22(29(2)3)20-15-28-30(4)18-20)27-17-23(31-12-7-8-13-31)19-10-9-11-21(14-19)32-5/h9-11,14-15,18,22-23H,6-8,12-13,16-17H2,1-5H3,(H2,25,26,27). The van der Waals surface area contributed by atoms with Gasteiger partial charge in [-0.15, -0.1) is 0 Å². The number of benzene rings is 1. The van der Waals surface area contributed by atoms with Crippen LogP contribution in [0.5, 0.6) is 5.75 Å². The summed E-state index contributed by atoms with van der Waals surface area (Å²) in [5.41, 5.74) is 2.44. The minimum absolute atomic E-state index is 0.209. The van der Waals surface area contributed by atoms with Crippen LogP contribution in [0, 0.1) is 0 Å². The summed E-state index contributed by atoms with van der Waals surface area (Å²) < 4.78 is 7.32. The lowest BCUT2D eigenvalue weighted by Gasteiger charge is -2.28. The SMILES string of the molecule is CCNC(=NCC(c1cccc(OC)c1)N1CCCC1)NCC(c1cnn(C)c1)N(C)C. The van der Waals surface area contributed by atoms with Crippen LogP contribution < -0.4 is 15.4 Å². The molecule has 2 N–H and O–H groups in total. The summed E-state index contributed by atoms with van der Waals surface area (Å²) in [5.74, 6) is 1.74. The van der Waals surface area contributed by atoms with Crippen LogP contribution in [0.1, 0.15) is 43.0 Å². The average Bonchev–Trinajstić information content (AvgIpc) is 3.46. The molecule has 2 unspecified atom stereocenters. The molecule has 0 spiro atoms. The van der Waals surface area contributed by atoms with Gasteiger partial charge in [-0.3, -0.25) is 14.6 Å². The van der Waals surface area contributed by atoms with Gasteiger partial charge in [-0.25, -0.2) is 0 Å². The Labute approximate surface area is 192 Å². The Kier molecular flexibility index (Phi) is 8.93. The number of guanidine groups is 1. The molecule has 0 saturated carbocycles. The van der Waals surface area contributed by atoms with Crippen molar-refractivity contribution in [1.82, 2.24) is 30.2 Å². The van der Waals surface area contributed by atoms with Gasteiger partial charge < -0.3 is 20.3 Å². The molecular formula is C24H39N7O. The molecule has 8 heteroatoms. The van der Waals surface area contributed by atoms with E-state index in [4.69, 9.17) is 9.73 Å². The Morgan fingerprint density at radius 2 is 2.00 bits per heavy atom. The van der Waals surface area contributed by atoms with E-state index in [0.717, 1.165) is 37.9 Å². The van der Waals surface area contributed by atoms with Crippen LogP contribution in [0.3, 0.4) is 0 Å². The molecule has 1 aliphatic heterocycles. The molecule has 2 aromatic rings. The summed E-state index contributed by atoms with van der Waals surface area (Å²) >= 11 is 0. The second-order valence-electron chi connectivity index (χ2n) is 8.56. The first-order valence-electron chi connectivity index (χ1n) is 11.6. The van der Waals surface area contributed by atoms with Crippen LogP contribution in [-0.2, 0) is 7.05 Å². The van der Waals surface area contributed by atoms with Crippen molar-refractivity contribution in [2.24, 2.45) is 12.0 Å². The normalized spacial score (nSPS) is 16.9. The molecule has 8 nitrogen and oxygen atoms in total. The number of nitrogens with zero attached hydrogens (tertiary/aromatic N) is 5. The molecule has 1 fully saturated rings. The van der Waals surface area contributed by atoms with E-state index in [2.05, 4.69) is 70.9 Å². The van der Waals surface area contributed by atoms with Gasteiger partial charge in [0.05, 0.1) is 31.9 Å². The zero-order valence-corrected chi connectivity index (χ0v) is 20.2. The van der Waals surface area contributed by atoms with Crippen LogP contribution in [-0.4, -0.2) is 79.5 Å². The lowest BCUT2D eigenvalue weighted by atomic mass is 10.1. The van der Waals surface area contributed by atoms with E-state index in [1.807, 2.05) is 24.0 Å². The van der Waals surface area contributed by atoms with Gasteiger partial charge in [-0.2, -0.15) is 5.10 Å². The van der Waals surface area contributed by atoms with Crippen molar-refractivity contribution in [1.29, 1.82) is 0 Å². The second-order valence-corrected chi connectivity index (χ2v) is 8.56. The Morgan fingerprint density at radius 3 is 2.62 bits per heavy atom. The number of nitrogens with one attached hydrogen (secondary N) is 2. The maximum absolute atomic E-state index is 5.47. The monoisotopic (exact) mass is 441 g/mol. The fourth-order valence-corrected chi connectivity index (χ4v) is 4.26. The number of hydrogen-bond acceptors (Lipinski definition) is 5. The van der Waals surface area contributed by atoms with Gasteiger partial charge in [0.1, 0.15) is 5.75 Å². The Bertz CT molecular complexity index is 858. The minimum Gasteiger partial charge on any atom is -0.497 e. The molecule has 3 rings (SSSR count). The highest BCUT2D eigenvalue weighted by molar-refractivity contribution is 5.79. The summed E-state index contributed by atoms with van der Waals surface area (Å²) in [7, 11) is 7.86. The van der Waals surface area contributed by atoms with Crippen molar-refractivity contribution in [3.63, 3.8) is 0 Å². The van der Waals surface area contributed by atoms with Crippen LogP contribution in [0.2, 0.25) is 0 Å². The highest BCUT2D eigenvalue weighted by Gasteiger charge is 2.24. The maximum atomic E-state index is 5.47. The van der Waals surface area contributed by atoms with Crippen molar-refractivity contribution < 1.29 is 4.74 Å². The van der Waals surface area contributed by atoms with Gasteiger partial charge in [-0.1, -0.05) is 12.1 Å². The molecule has 176 valence electrons. The average molecular weight is 442 g/mol. The van der Waals surface area contributed by atoms with Gasteiger partial charge in [0.25, 0.3) is 0 Å². The smallest absolute Gasteiger partial charge is 0.191 e. The number of methoxy groups -OCH3 is 1. The molecule has 2 atom stereocenters. The van der Waals surface area contributed by atoms with E-state index >= 15 is 0 Å². The first kappa shape index (κ1) is 24.1. The van der Waals surface area contributed by atoms with Gasteiger partial charge in [0, 0.05) is 31.9 Å². The Hall–Kier alpha value is -2.58. The largest absolute Gasteiger partial charge is 0.497 e. The number of aryl methyl sites for hydroxylation is 1. The van der Waals surface area contributed by atoms with Crippen LogP contribution in [0.15, 0.2) is 41.7 Å². The molecule has 1 saturated heterocycles. The predicted octanol–water partition coefficient (Wildman–Crippen LogP) is 2.42. The quantitative estimate of drug-likeness (QED) is 0.436. The molecule has 0 amide bonds. The van der Waals surface area contributed by atoms with E-state index in [-0.39, 0.29) is 12.1 Å². The van der Waals surface area contributed by atoms with E-state index in [0.29, 0.717) is 6.54 Å². The molecule has 0 radical (unpaired) electrons. The highest BCUT2D eigenvalue weighted by atomic mass is 16.5. The number of ether oxygens (including phenoxy) is 1. The van der Waals surface area contributed by atoms with Crippen LogP contribution >= 0.6 is 0 Å². The summed E-state index contributed by atoms with van der Waals surface area (Å²) in [6.07, 6.45) is 6.50. The fourth-order valence-electron chi connectivity index (χ4n) is 4.26. The van der Waals surface area contributed by atoms with Crippen molar-refractivity contribution in [3.8, 4) is 5.75 Å². The number of aliphatic imine (C=N–C) groups is 1. The molecule has 1 aliphatic rings. The Morgan fingerprint density at radius 1 is 1.22 bits per heavy atom. The second kappa shape index (κ2) is 11.9. The van der Waals surface area contributed by atoms with Crippen molar-refractivity contribution in [2.75, 3.05) is 53.9 Å². The predicted molar refractivity (Wildman–Crippen MR) is 130 cm³/mol. The van der Waals surface area contributed by atoms with Crippen LogP contribution in [0.25, 0.3) is 0 Å². The fraction of sp³-hybridized carbons (Fsp3) is 0.583. The minimum atomic E-state index is 0.209. The molecule has 0 aliphatic carbocycles. The topological polar surface area (TPSA) is 70.0 Å². The van der Waals surface area contributed by atoms with Gasteiger partial charge in [0.15, 0.2) is 5.96 Å². The first-order chi connectivity index (χ1) is 15.5. The zero-order valence-electron chi connectivity index (χ0n) is 20.2. The van der Waals surface area contributed by atoms with E-state index < -0.39 is 0 Å². The first-order valence-corrected chi connectivity index (χ1v) is 11.6. The number of hydrogen-bond donors (Lipinski definition) is 2. The van der Waals surface area contributed by atoms with Crippen molar-refractivity contribution >= 4 is 5.96 Å². The van der Waals surface area contributed by atoms with E-state index in [1.54, 1.807) is 7.11 Å². The maximum Gasteiger partial charge on any atom is 0.191 e. The third-order valence-electron chi connectivity index (χ3n) is 6.02. The van der Waals surface area contributed by atoms with Crippen LogP contribution in [0.4, 0.5) is 0 Å². The van der Waals surface area contributed by atoms with Gasteiger partial charge in [-0.05, 0) is 64.6 Å². The number of likely N-dealkylation sites (N-methyl/N-ethyl adjacent to an activating group) is 1. The van der Waals surface area contributed by atoms with E-state index in [1.165, 1.54) is 24.0 Å². The number of likely N-dealkylation sites (tertiary alicyclic amines) is 1. The molecule has 2 heterocycles. The summed E-state index contributed by atoms with van der Waals surface area (Å²) in [5, 5.41) is 11.3. The van der Waals surface area contributed by atoms with E-state index in [9.17, 15) is 0 Å². The lowest BCUT2D eigenvalue weighted by Crippen LogP contribution is -2.42. The summed E-state index contributed by atoms with van der Waals surface area (Å²) in [6.45, 7) is 6.59. The molecule has 32 heavy (non-hydrogen) atoms. The lowest BCUT2D eigenvalue weighted by molar-refractivity contribution is 0.251. The number of rotatable bonds is 10. The Balaban J connectivity index is 1.74. The third kappa shape index (κ3) is 6.46. The molecule has 1 aromatic carbocycles.